The number of carbonyl (C=O) groups excluding carboxylic acids is 1. The summed E-state index contributed by atoms with van der Waals surface area (Å²) in [6.07, 6.45) is 5.66. The van der Waals surface area contributed by atoms with Crippen LogP contribution in [0.2, 0.25) is 0 Å². The number of hydrogen-bond donors (Lipinski definition) is 1. The van der Waals surface area contributed by atoms with Gasteiger partial charge in [-0.2, -0.15) is 0 Å². The highest BCUT2D eigenvalue weighted by Crippen LogP contribution is 2.33. The van der Waals surface area contributed by atoms with Crippen molar-refractivity contribution in [2.24, 2.45) is 11.3 Å². The van der Waals surface area contributed by atoms with E-state index in [1.54, 1.807) is 0 Å². The number of hydrogen-bond acceptors (Lipinski definition) is 2. The molecule has 0 aromatic rings. The molecule has 0 unspecified atom stereocenters. The van der Waals surface area contributed by atoms with E-state index in [2.05, 4.69) is 39.9 Å². The smallest absolute Gasteiger partial charge is 0.143 e. The third-order valence-electron chi connectivity index (χ3n) is 4.20. The first-order valence-corrected chi connectivity index (χ1v) is 7.19. The Labute approximate surface area is 107 Å². The van der Waals surface area contributed by atoms with Crippen LogP contribution in [0, 0.1) is 11.3 Å². The van der Waals surface area contributed by atoms with Crippen LogP contribution in [0.15, 0.2) is 0 Å². The van der Waals surface area contributed by atoms with Crippen LogP contribution in [-0.2, 0) is 4.79 Å². The lowest BCUT2D eigenvalue weighted by atomic mass is 9.72. The summed E-state index contributed by atoms with van der Waals surface area (Å²) in [4.78, 5) is 12.6. The number of rotatable bonds is 5. The molecule has 0 saturated heterocycles. The van der Waals surface area contributed by atoms with Crippen LogP contribution in [-0.4, -0.2) is 17.9 Å². The summed E-state index contributed by atoms with van der Waals surface area (Å²) < 4.78 is 0. The van der Waals surface area contributed by atoms with Crippen LogP contribution < -0.4 is 5.32 Å². The molecule has 0 bridgehead atoms. The van der Waals surface area contributed by atoms with Crippen molar-refractivity contribution in [3.63, 3.8) is 0 Å². The van der Waals surface area contributed by atoms with Crippen molar-refractivity contribution in [3.8, 4) is 0 Å². The summed E-state index contributed by atoms with van der Waals surface area (Å²) in [6, 6.07) is 0.875. The van der Waals surface area contributed by atoms with Crippen LogP contribution in [0.1, 0.15) is 66.7 Å². The Hall–Kier alpha value is -0.370. The quantitative estimate of drug-likeness (QED) is 0.795. The van der Waals surface area contributed by atoms with E-state index in [1.807, 2.05) is 0 Å². The molecule has 1 aliphatic rings. The monoisotopic (exact) mass is 239 g/mol. The minimum Gasteiger partial charge on any atom is -0.311 e. The van der Waals surface area contributed by atoms with Gasteiger partial charge in [0, 0.05) is 23.4 Å². The van der Waals surface area contributed by atoms with E-state index in [0.29, 0.717) is 17.9 Å². The van der Waals surface area contributed by atoms with E-state index >= 15 is 0 Å². The summed E-state index contributed by atoms with van der Waals surface area (Å²) in [5, 5.41) is 3.59. The van der Waals surface area contributed by atoms with Crippen LogP contribution >= 0.6 is 0 Å². The second-order valence-corrected chi connectivity index (χ2v) is 6.42. The number of ketones is 1. The fraction of sp³-hybridized carbons (Fsp3) is 0.933. The molecule has 2 nitrogen and oxygen atoms in total. The van der Waals surface area contributed by atoms with Crippen molar-refractivity contribution in [3.05, 3.63) is 0 Å². The number of carbonyl (C=O) groups is 1. The highest BCUT2D eigenvalue weighted by Gasteiger charge is 2.37. The lowest BCUT2D eigenvalue weighted by molar-refractivity contribution is -0.133. The topological polar surface area (TPSA) is 29.1 Å². The van der Waals surface area contributed by atoms with Crippen LogP contribution in [0.4, 0.5) is 0 Å². The molecule has 100 valence electrons. The normalized spacial score (nSPS) is 26.2. The molecule has 1 saturated carbocycles. The molecule has 0 aliphatic heterocycles. The van der Waals surface area contributed by atoms with E-state index in [4.69, 9.17) is 0 Å². The molecule has 2 heteroatoms. The molecular weight excluding hydrogens is 210 g/mol. The zero-order chi connectivity index (χ0) is 13.1. The van der Waals surface area contributed by atoms with Gasteiger partial charge in [-0.25, -0.2) is 0 Å². The second-order valence-electron chi connectivity index (χ2n) is 6.42. The first-order chi connectivity index (χ1) is 7.88. The largest absolute Gasteiger partial charge is 0.311 e. The van der Waals surface area contributed by atoms with E-state index in [1.165, 1.54) is 12.8 Å². The van der Waals surface area contributed by atoms with Gasteiger partial charge in [0.15, 0.2) is 0 Å². The molecule has 0 aromatic carbocycles. The van der Waals surface area contributed by atoms with E-state index in [0.717, 1.165) is 19.3 Å². The predicted molar refractivity (Wildman–Crippen MR) is 73.1 cm³/mol. The first kappa shape index (κ1) is 14.7. The van der Waals surface area contributed by atoms with Gasteiger partial charge in [0.1, 0.15) is 5.78 Å². The Balaban J connectivity index is 2.74. The zero-order valence-corrected chi connectivity index (χ0v) is 12.2. The van der Waals surface area contributed by atoms with Crippen LogP contribution in [0.3, 0.4) is 0 Å². The summed E-state index contributed by atoms with van der Waals surface area (Å²) in [5.41, 5.74) is -0.154. The van der Waals surface area contributed by atoms with Crippen LogP contribution in [0.25, 0.3) is 0 Å². The molecule has 0 heterocycles. The molecule has 1 rings (SSSR count). The summed E-state index contributed by atoms with van der Waals surface area (Å²) in [7, 11) is 0. The molecule has 2 atom stereocenters. The van der Waals surface area contributed by atoms with Gasteiger partial charge in [-0.3, -0.25) is 4.79 Å². The molecular formula is C15H29NO. The minimum atomic E-state index is -0.154. The fourth-order valence-corrected chi connectivity index (χ4v) is 2.75. The highest BCUT2D eigenvalue weighted by atomic mass is 16.1. The second kappa shape index (κ2) is 5.99. The average Bonchev–Trinajstić information content (AvgIpc) is 2.28. The summed E-state index contributed by atoms with van der Waals surface area (Å²) in [6.45, 7) is 10.6. The SMILES string of the molecule is CCC(C)(C)C(=O)[C@@H]1CCCC[C@@H]1NC(C)C. The van der Waals surface area contributed by atoms with Gasteiger partial charge in [0.2, 0.25) is 0 Å². The Morgan fingerprint density at radius 1 is 1.29 bits per heavy atom. The molecule has 1 fully saturated rings. The third-order valence-corrected chi connectivity index (χ3v) is 4.20. The summed E-state index contributed by atoms with van der Waals surface area (Å²) >= 11 is 0. The Bertz CT molecular complexity index is 258. The lowest BCUT2D eigenvalue weighted by Gasteiger charge is -2.37. The van der Waals surface area contributed by atoms with E-state index < -0.39 is 0 Å². The molecule has 0 spiro atoms. The van der Waals surface area contributed by atoms with Crippen molar-refractivity contribution in [2.75, 3.05) is 0 Å². The maximum absolute atomic E-state index is 12.6. The first-order valence-electron chi connectivity index (χ1n) is 7.19. The van der Waals surface area contributed by atoms with Crippen molar-refractivity contribution < 1.29 is 4.79 Å². The maximum Gasteiger partial charge on any atom is 0.143 e. The lowest BCUT2D eigenvalue weighted by Crippen LogP contribution is -2.48. The van der Waals surface area contributed by atoms with Gasteiger partial charge in [-0.1, -0.05) is 47.5 Å². The standard InChI is InChI=1S/C15H29NO/c1-6-15(4,5)14(17)12-9-7-8-10-13(12)16-11(2)3/h11-13,16H,6-10H2,1-5H3/t12-,13+/m1/s1. The molecule has 0 radical (unpaired) electrons. The molecule has 1 aliphatic carbocycles. The van der Waals surface area contributed by atoms with Crippen molar-refractivity contribution in [1.82, 2.24) is 5.32 Å². The molecule has 17 heavy (non-hydrogen) atoms. The van der Waals surface area contributed by atoms with Gasteiger partial charge in [-0.05, 0) is 19.3 Å². The zero-order valence-electron chi connectivity index (χ0n) is 12.2. The van der Waals surface area contributed by atoms with Gasteiger partial charge in [0.05, 0.1) is 0 Å². The fourth-order valence-electron chi connectivity index (χ4n) is 2.75. The highest BCUT2D eigenvalue weighted by molar-refractivity contribution is 5.87. The minimum absolute atomic E-state index is 0.154. The third kappa shape index (κ3) is 3.80. The summed E-state index contributed by atoms with van der Waals surface area (Å²) in [5.74, 6) is 0.707. The Morgan fingerprint density at radius 2 is 1.88 bits per heavy atom. The predicted octanol–water partition coefficient (Wildman–Crippen LogP) is 3.55. The van der Waals surface area contributed by atoms with Crippen molar-refractivity contribution in [1.29, 1.82) is 0 Å². The Morgan fingerprint density at radius 3 is 2.41 bits per heavy atom. The molecule has 0 aromatic heterocycles. The van der Waals surface area contributed by atoms with E-state index in [9.17, 15) is 4.79 Å². The van der Waals surface area contributed by atoms with Crippen molar-refractivity contribution in [2.45, 2.75) is 78.8 Å². The van der Waals surface area contributed by atoms with Gasteiger partial charge in [0.25, 0.3) is 0 Å². The number of nitrogens with one attached hydrogen (secondary N) is 1. The van der Waals surface area contributed by atoms with Gasteiger partial charge >= 0.3 is 0 Å². The van der Waals surface area contributed by atoms with E-state index in [-0.39, 0.29) is 11.3 Å². The van der Waals surface area contributed by atoms with Crippen molar-refractivity contribution >= 4 is 5.78 Å². The van der Waals surface area contributed by atoms with Crippen LogP contribution in [0.5, 0.6) is 0 Å². The Kier molecular flexibility index (Phi) is 5.18. The van der Waals surface area contributed by atoms with Gasteiger partial charge < -0.3 is 5.32 Å². The molecule has 0 amide bonds. The molecule has 1 N–H and O–H groups in total. The van der Waals surface area contributed by atoms with Gasteiger partial charge in [-0.15, -0.1) is 0 Å². The number of Topliss-reactive ketones (excluding diaryl/α,β-unsaturated/α-hetero) is 1. The average molecular weight is 239 g/mol. The maximum atomic E-state index is 12.6.